The smallest absolute Gasteiger partial charge is 0.141 e. The predicted octanol–water partition coefficient (Wildman–Crippen LogP) is 10.4. The van der Waals surface area contributed by atoms with Gasteiger partial charge in [0, 0.05) is 21.7 Å². The van der Waals surface area contributed by atoms with Gasteiger partial charge in [0.05, 0.1) is 5.02 Å². The van der Waals surface area contributed by atoms with E-state index in [1.165, 1.54) is 24.3 Å². The highest BCUT2D eigenvalue weighted by molar-refractivity contribution is 6.34. The van der Waals surface area contributed by atoms with Gasteiger partial charge in [-0.15, -0.1) is 0 Å². The van der Waals surface area contributed by atoms with Gasteiger partial charge < -0.3 is 0 Å². The van der Waals surface area contributed by atoms with E-state index in [4.69, 9.17) is 23.2 Å². The van der Waals surface area contributed by atoms with Crippen molar-refractivity contribution in [3.05, 3.63) is 130 Å². The standard InChI is InChI=1S/C31H19Cl2F3/c1-18-2-4-19(5-3-18)25-12-8-23(17-31(25)36)26-11-7-21(16-30(26)35)20-6-10-24(27(32)14-20)22-9-13-29(34)28(33)15-22/h2-17H,1H3. The molecule has 0 fully saturated rings. The van der Waals surface area contributed by atoms with Gasteiger partial charge in [-0.3, -0.25) is 0 Å². The molecule has 0 bridgehead atoms. The van der Waals surface area contributed by atoms with Crippen molar-refractivity contribution in [2.24, 2.45) is 0 Å². The minimum Gasteiger partial charge on any atom is -0.206 e. The highest BCUT2D eigenvalue weighted by Gasteiger charge is 2.13. The minimum absolute atomic E-state index is 0.00800. The number of halogens is 5. The molecule has 5 aromatic rings. The first kappa shape index (κ1) is 24.2. The van der Waals surface area contributed by atoms with Crippen LogP contribution in [-0.2, 0) is 0 Å². The fourth-order valence-electron chi connectivity index (χ4n) is 4.17. The Labute approximate surface area is 217 Å². The molecule has 0 aliphatic rings. The molecule has 0 heterocycles. The van der Waals surface area contributed by atoms with Crippen LogP contribution >= 0.6 is 23.2 Å². The van der Waals surface area contributed by atoms with Gasteiger partial charge in [-0.25, -0.2) is 13.2 Å². The molecule has 0 saturated heterocycles. The molecule has 0 radical (unpaired) electrons. The number of hydrogen-bond acceptors (Lipinski definition) is 0. The molecule has 0 N–H and O–H groups in total. The summed E-state index contributed by atoms with van der Waals surface area (Å²) in [6.45, 7) is 1.97. The second-order valence-electron chi connectivity index (χ2n) is 8.58. The first-order valence-corrected chi connectivity index (χ1v) is 12.0. The lowest BCUT2D eigenvalue weighted by molar-refractivity contribution is 0.627. The first-order valence-electron chi connectivity index (χ1n) is 11.2. The van der Waals surface area contributed by atoms with Gasteiger partial charge in [0.25, 0.3) is 0 Å². The van der Waals surface area contributed by atoms with E-state index in [0.29, 0.717) is 44.0 Å². The van der Waals surface area contributed by atoms with E-state index < -0.39 is 17.5 Å². The molecule has 0 saturated carbocycles. The van der Waals surface area contributed by atoms with E-state index in [1.807, 2.05) is 37.3 Å². The molecule has 0 atom stereocenters. The van der Waals surface area contributed by atoms with Crippen molar-refractivity contribution < 1.29 is 13.2 Å². The number of hydrogen-bond donors (Lipinski definition) is 0. The highest BCUT2D eigenvalue weighted by Crippen LogP contribution is 2.36. The van der Waals surface area contributed by atoms with Crippen LogP contribution in [0.25, 0.3) is 44.5 Å². The van der Waals surface area contributed by atoms with E-state index in [0.717, 1.165) is 11.1 Å². The zero-order valence-electron chi connectivity index (χ0n) is 19.1. The van der Waals surface area contributed by atoms with Crippen LogP contribution < -0.4 is 0 Å². The maximum Gasteiger partial charge on any atom is 0.141 e. The van der Waals surface area contributed by atoms with E-state index in [9.17, 15) is 8.78 Å². The van der Waals surface area contributed by atoms with Crippen molar-refractivity contribution in [3.63, 3.8) is 0 Å². The van der Waals surface area contributed by atoms with E-state index in [1.54, 1.807) is 42.5 Å². The Bertz CT molecular complexity index is 1590. The van der Waals surface area contributed by atoms with Crippen molar-refractivity contribution in [1.29, 1.82) is 0 Å². The maximum atomic E-state index is 15.1. The summed E-state index contributed by atoms with van der Waals surface area (Å²) >= 11 is 12.4. The molecule has 0 aliphatic carbocycles. The van der Waals surface area contributed by atoms with Crippen molar-refractivity contribution in [2.75, 3.05) is 0 Å². The molecule has 5 aromatic carbocycles. The van der Waals surface area contributed by atoms with E-state index in [2.05, 4.69) is 0 Å². The highest BCUT2D eigenvalue weighted by atomic mass is 35.5. The fourth-order valence-corrected chi connectivity index (χ4v) is 4.64. The Kier molecular flexibility index (Phi) is 6.61. The lowest BCUT2D eigenvalue weighted by atomic mass is 9.96. The summed E-state index contributed by atoms with van der Waals surface area (Å²) in [4.78, 5) is 0. The van der Waals surface area contributed by atoms with E-state index >= 15 is 4.39 Å². The van der Waals surface area contributed by atoms with Crippen LogP contribution in [0.1, 0.15) is 5.56 Å². The largest absolute Gasteiger partial charge is 0.206 e. The quantitative estimate of drug-likeness (QED) is 0.222. The summed E-state index contributed by atoms with van der Waals surface area (Å²) < 4.78 is 43.5. The molecule has 178 valence electrons. The number of aryl methyl sites for hydroxylation is 1. The second kappa shape index (κ2) is 9.85. The molecule has 0 nitrogen and oxygen atoms in total. The van der Waals surface area contributed by atoms with Crippen molar-refractivity contribution >= 4 is 23.2 Å². The molecule has 5 rings (SSSR count). The Balaban J connectivity index is 1.44. The summed E-state index contributed by atoms with van der Waals surface area (Å²) in [5, 5.41) is 0.432. The van der Waals surface area contributed by atoms with Gasteiger partial charge >= 0.3 is 0 Å². The van der Waals surface area contributed by atoms with Crippen LogP contribution in [0.2, 0.25) is 10.0 Å². The molecule has 0 spiro atoms. The average Bonchev–Trinajstić information content (AvgIpc) is 2.86. The van der Waals surface area contributed by atoms with Gasteiger partial charge in [0.15, 0.2) is 0 Å². The van der Waals surface area contributed by atoms with Gasteiger partial charge in [0.1, 0.15) is 17.5 Å². The topological polar surface area (TPSA) is 0 Å². The van der Waals surface area contributed by atoms with Crippen LogP contribution in [0.4, 0.5) is 13.2 Å². The van der Waals surface area contributed by atoms with Gasteiger partial charge in [-0.1, -0.05) is 95.5 Å². The molecule has 0 unspecified atom stereocenters. The average molecular weight is 519 g/mol. The van der Waals surface area contributed by atoms with E-state index in [-0.39, 0.29) is 5.02 Å². The Morgan fingerprint density at radius 1 is 0.417 bits per heavy atom. The molecule has 0 amide bonds. The van der Waals surface area contributed by atoms with Crippen LogP contribution in [0, 0.1) is 24.4 Å². The maximum absolute atomic E-state index is 15.1. The second-order valence-corrected chi connectivity index (χ2v) is 9.39. The summed E-state index contributed by atoms with van der Waals surface area (Å²) in [6, 6.07) is 26.8. The minimum atomic E-state index is -0.506. The Morgan fingerprint density at radius 2 is 0.861 bits per heavy atom. The van der Waals surface area contributed by atoms with Crippen molar-refractivity contribution in [2.45, 2.75) is 6.92 Å². The van der Waals surface area contributed by atoms with Crippen molar-refractivity contribution in [3.8, 4) is 44.5 Å². The van der Waals surface area contributed by atoms with Crippen LogP contribution in [0.3, 0.4) is 0 Å². The fraction of sp³-hybridized carbons (Fsp3) is 0.0323. The first-order chi connectivity index (χ1) is 17.3. The Hall–Kier alpha value is -3.53. The van der Waals surface area contributed by atoms with Gasteiger partial charge in [0.2, 0.25) is 0 Å². The van der Waals surface area contributed by atoms with Gasteiger partial charge in [-0.05, 0) is 65.1 Å². The lowest BCUT2D eigenvalue weighted by Crippen LogP contribution is -1.90. The summed E-state index contributed by atoms with van der Waals surface area (Å²) in [6.07, 6.45) is 0. The van der Waals surface area contributed by atoms with Crippen LogP contribution in [0.5, 0.6) is 0 Å². The number of benzene rings is 5. The third kappa shape index (κ3) is 4.77. The zero-order chi connectivity index (χ0) is 25.4. The summed E-state index contributed by atoms with van der Waals surface area (Å²) in [5.41, 5.74) is 5.78. The summed E-state index contributed by atoms with van der Waals surface area (Å²) in [5.74, 6) is -1.39. The molecular weight excluding hydrogens is 500 g/mol. The monoisotopic (exact) mass is 518 g/mol. The van der Waals surface area contributed by atoms with Crippen molar-refractivity contribution in [1.82, 2.24) is 0 Å². The third-order valence-electron chi connectivity index (χ3n) is 6.14. The third-order valence-corrected chi connectivity index (χ3v) is 6.75. The van der Waals surface area contributed by atoms with Crippen LogP contribution in [-0.4, -0.2) is 0 Å². The SMILES string of the molecule is Cc1ccc(-c2ccc(-c3ccc(-c4ccc(-c5ccc(F)c(Cl)c5)c(Cl)c4)cc3F)cc2F)cc1. The Morgan fingerprint density at radius 3 is 1.47 bits per heavy atom. The summed E-state index contributed by atoms with van der Waals surface area (Å²) in [7, 11) is 0. The number of rotatable bonds is 4. The van der Waals surface area contributed by atoms with Crippen LogP contribution in [0.15, 0.2) is 97.1 Å². The zero-order valence-corrected chi connectivity index (χ0v) is 20.6. The predicted molar refractivity (Wildman–Crippen MR) is 143 cm³/mol. The lowest BCUT2D eigenvalue weighted by Gasteiger charge is -2.11. The molecule has 0 aromatic heterocycles. The normalized spacial score (nSPS) is 11.1. The molecular formula is C31H19Cl2F3. The molecule has 0 aliphatic heterocycles. The molecule has 36 heavy (non-hydrogen) atoms. The molecule has 5 heteroatoms. The van der Waals surface area contributed by atoms with Gasteiger partial charge in [-0.2, -0.15) is 0 Å².